The molecule has 0 aromatic heterocycles. The van der Waals surface area contributed by atoms with E-state index in [4.69, 9.17) is 4.74 Å². The maximum absolute atomic E-state index is 11.7. The highest BCUT2D eigenvalue weighted by Crippen LogP contribution is 2.21. The molecule has 0 atom stereocenters. The van der Waals surface area contributed by atoms with Crippen LogP contribution in [-0.4, -0.2) is 24.0 Å². The zero-order valence-electron chi connectivity index (χ0n) is 10.5. The van der Waals surface area contributed by atoms with Crippen molar-refractivity contribution in [3.63, 3.8) is 0 Å². The lowest BCUT2D eigenvalue weighted by molar-refractivity contribution is -0.138. The van der Waals surface area contributed by atoms with Crippen molar-refractivity contribution in [1.82, 2.24) is 4.90 Å². The summed E-state index contributed by atoms with van der Waals surface area (Å²) in [5.74, 6) is -0.175. The third-order valence-corrected chi connectivity index (χ3v) is 2.75. The lowest BCUT2D eigenvalue weighted by Crippen LogP contribution is -2.23. The minimum absolute atomic E-state index is 0.175. The first-order valence-corrected chi connectivity index (χ1v) is 6.00. The molecule has 3 heteroatoms. The van der Waals surface area contributed by atoms with Gasteiger partial charge in [-0.25, -0.2) is 4.79 Å². The predicted octanol–water partition coefficient (Wildman–Crippen LogP) is 2.84. The summed E-state index contributed by atoms with van der Waals surface area (Å²) in [6.45, 7) is 7.40. The number of unbranched alkanes of at least 4 members (excludes halogenated alkanes) is 1. The zero-order chi connectivity index (χ0) is 12.0. The molecule has 0 N–H and O–H groups in total. The molecule has 0 radical (unpaired) electrons. The Morgan fingerprint density at radius 3 is 2.88 bits per heavy atom. The first kappa shape index (κ1) is 12.8. The Kier molecular flexibility index (Phi) is 5.09. The molecule has 1 aliphatic heterocycles. The maximum atomic E-state index is 11.7. The van der Waals surface area contributed by atoms with E-state index in [1.807, 2.05) is 19.9 Å². The first-order chi connectivity index (χ1) is 7.70. The Morgan fingerprint density at radius 2 is 2.25 bits per heavy atom. The van der Waals surface area contributed by atoms with E-state index in [1.165, 1.54) is 0 Å². The Hall–Kier alpha value is -1.25. The van der Waals surface area contributed by atoms with Gasteiger partial charge in [0.05, 0.1) is 12.2 Å². The van der Waals surface area contributed by atoms with Gasteiger partial charge in [-0.15, -0.1) is 0 Å². The molecule has 0 unspecified atom stereocenters. The van der Waals surface area contributed by atoms with Crippen molar-refractivity contribution in [1.29, 1.82) is 0 Å². The van der Waals surface area contributed by atoms with E-state index in [1.54, 1.807) is 0 Å². The fraction of sp³-hybridized carbons (Fsp3) is 0.615. The molecule has 90 valence electrons. The van der Waals surface area contributed by atoms with Crippen molar-refractivity contribution < 1.29 is 9.53 Å². The fourth-order valence-corrected chi connectivity index (χ4v) is 1.75. The molecule has 0 bridgehead atoms. The van der Waals surface area contributed by atoms with Gasteiger partial charge in [-0.1, -0.05) is 19.4 Å². The molecular weight excluding hydrogens is 202 g/mol. The van der Waals surface area contributed by atoms with Gasteiger partial charge in [0.1, 0.15) is 0 Å². The summed E-state index contributed by atoms with van der Waals surface area (Å²) in [6, 6.07) is 0. The average Bonchev–Trinajstić information content (AvgIpc) is 2.28. The van der Waals surface area contributed by atoms with Gasteiger partial charge in [0.2, 0.25) is 0 Å². The van der Waals surface area contributed by atoms with E-state index in [0.717, 1.165) is 30.7 Å². The summed E-state index contributed by atoms with van der Waals surface area (Å²) in [6.07, 6.45) is 7.07. The van der Waals surface area contributed by atoms with Crippen LogP contribution >= 0.6 is 0 Å². The molecule has 3 nitrogen and oxygen atoms in total. The number of allylic oxidation sites excluding steroid dienone is 2. The monoisotopic (exact) mass is 223 g/mol. The normalized spacial score (nSPS) is 15.6. The highest BCUT2D eigenvalue weighted by Gasteiger charge is 2.18. The lowest BCUT2D eigenvalue weighted by Gasteiger charge is -2.26. The van der Waals surface area contributed by atoms with Crippen LogP contribution in [0.1, 0.15) is 40.0 Å². The second kappa shape index (κ2) is 6.36. The fourth-order valence-electron chi connectivity index (χ4n) is 1.75. The molecule has 0 fully saturated rings. The Labute approximate surface area is 97.8 Å². The summed E-state index contributed by atoms with van der Waals surface area (Å²) < 4.78 is 5.05. The number of ether oxygens (including phenoxy) is 1. The molecule has 0 saturated carbocycles. The smallest absolute Gasteiger partial charge is 0.336 e. The van der Waals surface area contributed by atoms with Crippen molar-refractivity contribution in [3.05, 3.63) is 23.5 Å². The highest BCUT2D eigenvalue weighted by molar-refractivity contribution is 5.89. The molecule has 1 heterocycles. The van der Waals surface area contributed by atoms with Crippen LogP contribution in [0.25, 0.3) is 0 Å². The summed E-state index contributed by atoms with van der Waals surface area (Å²) in [5, 5.41) is 0. The summed E-state index contributed by atoms with van der Waals surface area (Å²) >= 11 is 0. The van der Waals surface area contributed by atoms with Crippen LogP contribution < -0.4 is 0 Å². The van der Waals surface area contributed by atoms with Crippen molar-refractivity contribution in [2.45, 2.75) is 40.0 Å². The van der Waals surface area contributed by atoms with Crippen molar-refractivity contribution in [3.8, 4) is 0 Å². The van der Waals surface area contributed by atoms with E-state index in [0.29, 0.717) is 13.0 Å². The van der Waals surface area contributed by atoms with E-state index >= 15 is 0 Å². The lowest BCUT2D eigenvalue weighted by atomic mass is 10.1. The number of carbonyl (C=O) groups excluding carboxylic acids is 1. The van der Waals surface area contributed by atoms with Gasteiger partial charge in [-0.05, 0) is 20.3 Å². The summed E-state index contributed by atoms with van der Waals surface area (Å²) in [7, 11) is 0. The largest absolute Gasteiger partial charge is 0.463 e. The molecule has 0 amide bonds. The van der Waals surface area contributed by atoms with Gasteiger partial charge in [0, 0.05) is 24.9 Å². The average molecular weight is 223 g/mol. The number of hydrogen-bond donors (Lipinski definition) is 0. The van der Waals surface area contributed by atoms with Gasteiger partial charge < -0.3 is 9.64 Å². The van der Waals surface area contributed by atoms with Crippen molar-refractivity contribution >= 4 is 5.97 Å². The number of nitrogens with zero attached hydrogens (tertiary/aromatic N) is 1. The van der Waals surface area contributed by atoms with E-state index in [2.05, 4.69) is 18.0 Å². The van der Waals surface area contributed by atoms with Gasteiger partial charge in [0.25, 0.3) is 0 Å². The van der Waals surface area contributed by atoms with Gasteiger partial charge in [-0.2, -0.15) is 0 Å². The maximum Gasteiger partial charge on any atom is 0.336 e. The van der Waals surface area contributed by atoms with Gasteiger partial charge in [-0.3, -0.25) is 0 Å². The van der Waals surface area contributed by atoms with Gasteiger partial charge in [0.15, 0.2) is 0 Å². The summed E-state index contributed by atoms with van der Waals surface area (Å²) in [4.78, 5) is 13.8. The van der Waals surface area contributed by atoms with Crippen LogP contribution in [0.4, 0.5) is 0 Å². The molecule has 1 aliphatic rings. The molecule has 0 saturated heterocycles. The van der Waals surface area contributed by atoms with Crippen LogP contribution in [0.3, 0.4) is 0 Å². The zero-order valence-corrected chi connectivity index (χ0v) is 10.5. The predicted molar refractivity (Wildman–Crippen MR) is 64.7 cm³/mol. The number of hydrogen-bond acceptors (Lipinski definition) is 3. The number of esters is 1. The highest BCUT2D eigenvalue weighted by atomic mass is 16.5. The summed E-state index contributed by atoms with van der Waals surface area (Å²) in [5.41, 5.74) is 1.83. The number of carbonyl (C=O) groups is 1. The van der Waals surface area contributed by atoms with E-state index in [9.17, 15) is 4.79 Å². The second-order valence-electron chi connectivity index (χ2n) is 3.92. The van der Waals surface area contributed by atoms with E-state index in [-0.39, 0.29) is 5.97 Å². The Balaban J connectivity index is 2.71. The molecule has 0 spiro atoms. The third-order valence-electron chi connectivity index (χ3n) is 2.75. The molecule has 0 aromatic carbocycles. The van der Waals surface area contributed by atoms with E-state index < -0.39 is 0 Å². The minimum atomic E-state index is -0.175. The molecule has 0 aliphatic carbocycles. The Bertz CT molecular complexity index is 305. The minimum Gasteiger partial charge on any atom is -0.463 e. The van der Waals surface area contributed by atoms with Crippen LogP contribution in [0.5, 0.6) is 0 Å². The molecule has 1 rings (SSSR count). The topological polar surface area (TPSA) is 29.5 Å². The van der Waals surface area contributed by atoms with Crippen LogP contribution in [-0.2, 0) is 9.53 Å². The van der Waals surface area contributed by atoms with Crippen LogP contribution in [0, 0.1) is 0 Å². The second-order valence-corrected chi connectivity index (χ2v) is 3.92. The molecular formula is C13H21NO2. The van der Waals surface area contributed by atoms with Crippen molar-refractivity contribution in [2.75, 3.05) is 13.2 Å². The standard InChI is InChI=1S/C13H21NO2/c1-4-6-9-14-10-7-8-12(11(14)3)13(15)16-5-2/h7,10H,4-6,8-9H2,1-3H3. The van der Waals surface area contributed by atoms with Crippen LogP contribution in [0.2, 0.25) is 0 Å². The SMILES string of the molecule is CCCCN1C=CCC(C(=O)OCC)=C1C. The number of rotatable bonds is 5. The Morgan fingerprint density at radius 1 is 1.50 bits per heavy atom. The first-order valence-electron chi connectivity index (χ1n) is 6.00. The third kappa shape index (κ3) is 3.12. The van der Waals surface area contributed by atoms with Crippen LogP contribution in [0.15, 0.2) is 23.5 Å². The van der Waals surface area contributed by atoms with Gasteiger partial charge >= 0.3 is 5.97 Å². The molecule has 0 aromatic rings. The van der Waals surface area contributed by atoms with Crippen molar-refractivity contribution in [2.24, 2.45) is 0 Å². The quantitative estimate of drug-likeness (QED) is 0.671. The molecule has 16 heavy (non-hydrogen) atoms.